The van der Waals surface area contributed by atoms with Crippen LogP contribution in [-0.2, 0) is 0 Å². The summed E-state index contributed by atoms with van der Waals surface area (Å²) in [5.74, 6) is 1.47. The van der Waals surface area contributed by atoms with Gasteiger partial charge in [-0.2, -0.15) is 0 Å². The monoisotopic (exact) mass is 409 g/mol. The molecule has 1 aromatic carbocycles. The van der Waals surface area contributed by atoms with Gasteiger partial charge in [0.2, 0.25) is 0 Å². The van der Waals surface area contributed by atoms with E-state index in [1.807, 2.05) is 74.1 Å². The summed E-state index contributed by atoms with van der Waals surface area (Å²) in [6.45, 7) is 5.30. The number of pyridine rings is 1. The Kier molecular flexibility index (Phi) is 5.69. The van der Waals surface area contributed by atoms with Gasteiger partial charge >= 0.3 is 0 Å². The van der Waals surface area contributed by atoms with Gasteiger partial charge in [-0.15, -0.1) is 0 Å². The molecule has 1 saturated heterocycles. The minimum Gasteiger partial charge on any atom is -0.486 e. The second-order valence-electron chi connectivity index (χ2n) is 8.90. The van der Waals surface area contributed by atoms with Crippen molar-refractivity contribution in [1.29, 1.82) is 0 Å². The smallest absolute Gasteiger partial charge is 0.253 e. The minimum atomic E-state index is -0.527. The third kappa shape index (κ3) is 4.15. The number of fused-ring (bicyclic) bond motifs is 1. The summed E-state index contributed by atoms with van der Waals surface area (Å²) in [5, 5.41) is 10.7. The summed E-state index contributed by atoms with van der Waals surface area (Å²) in [6, 6.07) is 11.6. The number of nitrogens with zero attached hydrogens (tertiary/aromatic N) is 3. The van der Waals surface area contributed by atoms with Crippen molar-refractivity contribution >= 4 is 11.6 Å². The zero-order valence-corrected chi connectivity index (χ0v) is 18.2. The lowest BCUT2D eigenvalue weighted by Crippen LogP contribution is -2.42. The standard InChI is InChI=1S/C24H31N3O3/c1-15-5-10-22(16(2)25-15)30-23-12-19-14-27(13-18(19)11-21(23)28)24(29)17-6-8-20(9-7-17)26(3)4/h5-10,18-19,21,23,28H,11-14H2,1-4H3/t18-,19+,21+,23+/m0/s1. The number of aliphatic hydroxyl groups is 1. The Hall–Kier alpha value is -2.60. The molecule has 1 saturated carbocycles. The molecule has 2 aliphatic rings. The number of amides is 1. The summed E-state index contributed by atoms with van der Waals surface area (Å²) < 4.78 is 6.16. The molecular formula is C24H31N3O3. The van der Waals surface area contributed by atoms with Crippen LogP contribution in [0.15, 0.2) is 36.4 Å². The molecule has 160 valence electrons. The highest BCUT2D eigenvalue weighted by molar-refractivity contribution is 5.94. The predicted molar refractivity (Wildman–Crippen MR) is 117 cm³/mol. The summed E-state index contributed by atoms with van der Waals surface area (Å²) in [5.41, 5.74) is 3.58. The van der Waals surface area contributed by atoms with Gasteiger partial charge in [-0.1, -0.05) is 0 Å². The molecule has 1 N–H and O–H groups in total. The fourth-order valence-corrected chi connectivity index (χ4v) is 4.73. The Bertz CT molecular complexity index is 912. The Morgan fingerprint density at radius 3 is 2.37 bits per heavy atom. The maximum absolute atomic E-state index is 13.0. The number of benzene rings is 1. The third-order valence-electron chi connectivity index (χ3n) is 6.46. The van der Waals surface area contributed by atoms with Gasteiger partial charge in [-0.3, -0.25) is 9.78 Å². The number of hydrogen-bond donors (Lipinski definition) is 1. The van der Waals surface area contributed by atoms with Crippen LogP contribution in [0.1, 0.15) is 34.6 Å². The van der Waals surface area contributed by atoms with Crippen molar-refractivity contribution in [2.24, 2.45) is 11.8 Å². The maximum atomic E-state index is 13.0. The zero-order valence-electron chi connectivity index (χ0n) is 18.2. The van der Waals surface area contributed by atoms with Crippen LogP contribution in [0.25, 0.3) is 0 Å². The van der Waals surface area contributed by atoms with Gasteiger partial charge < -0.3 is 19.6 Å². The van der Waals surface area contributed by atoms with Crippen LogP contribution >= 0.6 is 0 Å². The Labute approximate surface area is 178 Å². The molecule has 2 fully saturated rings. The molecule has 4 atom stereocenters. The molecule has 2 aromatic rings. The number of aryl methyl sites for hydroxylation is 2. The average molecular weight is 410 g/mol. The Balaban J connectivity index is 1.41. The topological polar surface area (TPSA) is 65.9 Å². The lowest BCUT2D eigenvalue weighted by Gasteiger charge is -2.35. The van der Waals surface area contributed by atoms with E-state index in [9.17, 15) is 9.90 Å². The van der Waals surface area contributed by atoms with Gasteiger partial charge in [0.1, 0.15) is 11.9 Å². The van der Waals surface area contributed by atoms with Gasteiger partial charge in [0.05, 0.1) is 11.8 Å². The van der Waals surface area contributed by atoms with Crippen LogP contribution in [0.3, 0.4) is 0 Å². The van der Waals surface area contributed by atoms with Crippen LogP contribution in [0.4, 0.5) is 5.69 Å². The van der Waals surface area contributed by atoms with Crippen molar-refractivity contribution < 1.29 is 14.6 Å². The number of ether oxygens (including phenoxy) is 1. The second kappa shape index (κ2) is 8.26. The first-order chi connectivity index (χ1) is 14.3. The summed E-state index contributed by atoms with van der Waals surface area (Å²) in [6.07, 6.45) is 0.629. The molecular weight excluding hydrogens is 378 g/mol. The highest BCUT2D eigenvalue weighted by atomic mass is 16.5. The van der Waals surface area contributed by atoms with Crippen LogP contribution in [-0.4, -0.2) is 60.3 Å². The molecule has 0 bridgehead atoms. The first-order valence-electron chi connectivity index (χ1n) is 10.7. The van der Waals surface area contributed by atoms with Crippen LogP contribution in [0, 0.1) is 25.7 Å². The van der Waals surface area contributed by atoms with E-state index in [0.29, 0.717) is 30.4 Å². The molecule has 30 heavy (non-hydrogen) atoms. The fourth-order valence-electron chi connectivity index (χ4n) is 4.73. The molecule has 1 aliphatic carbocycles. The first-order valence-corrected chi connectivity index (χ1v) is 10.7. The zero-order chi connectivity index (χ0) is 21.4. The molecule has 1 amide bonds. The first kappa shape index (κ1) is 20.7. The van der Waals surface area contributed by atoms with E-state index >= 15 is 0 Å². The SMILES string of the molecule is Cc1ccc(O[C@@H]2C[C@@H]3CN(C(=O)c4ccc(N(C)C)cc4)C[C@@H]3C[C@H]2O)c(C)n1. The van der Waals surface area contributed by atoms with Gasteiger partial charge in [0.25, 0.3) is 5.91 Å². The normalized spacial score (nSPS) is 25.7. The molecule has 2 heterocycles. The van der Waals surface area contributed by atoms with Gasteiger partial charge in [0.15, 0.2) is 0 Å². The Morgan fingerprint density at radius 1 is 1.07 bits per heavy atom. The van der Waals surface area contributed by atoms with Crippen molar-refractivity contribution in [3.63, 3.8) is 0 Å². The lowest BCUT2D eigenvalue weighted by atomic mass is 9.78. The molecule has 1 aromatic heterocycles. The van der Waals surface area contributed by atoms with Crippen molar-refractivity contribution in [1.82, 2.24) is 9.88 Å². The van der Waals surface area contributed by atoms with Crippen molar-refractivity contribution in [2.75, 3.05) is 32.1 Å². The third-order valence-corrected chi connectivity index (χ3v) is 6.46. The largest absolute Gasteiger partial charge is 0.486 e. The van der Waals surface area contributed by atoms with E-state index < -0.39 is 6.10 Å². The molecule has 1 aliphatic heterocycles. The van der Waals surface area contributed by atoms with Gasteiger partial charge in [0, 0.05) is 44.1 Å². The van der Waals surface area contributed by atoms with E-state index in [1.165, 1.54) is 0 Å². The van der Waals surface area contributed by atoms with Crippen molar-refractivity contribution in [3.8, 4) is 5.75 Å². The quantitative estimate of drug-likeness (QED) is 0.841. The van der Waals surface area contributed by atoms with Crippen molar-refractivity contribution in [3.05, 3.63) is 53.3 Å². The number of aromatic nitrogens is 1. The van der Waals surface area contributed by atoms with E-state index in [0.717, 1.165) is 35.8 Å². The highest BCUT2D eigenvalue weighted by Gasteiger charge is 2.44. The molecule has 0 unspecified atom stereocenters. The highest BCUT2D eigenvalue weighted by Crippen LogP contribution is 2.38. The van der Waals surface area contributed by atoms with E-state index in [2.05, 4.69) is 4.98 Å². The van der Waals surface area contributed by atoms with Crippen LogP contribution < -0.4 is 9.64 Å². The number of likely N-dealkylation sites (tertiary alicyclic amines) is 1. The van der Waals surface area contributed by atoms with E-state index in [-0.39, 0.29) is 12.0 Å². The predicted octanol–water partition coefficient (Wildman–Crippen LogP) is 3.05. The minimum absolute atomic E-state index is 0.0697. The van der Waals surface area contributed by atoms with E-state index in [4.69, 9.17) is 4.74 Å². The average Bonchev–Trinajstić information content (AvgIpc) is 3.12. The van der Waals surface area contributed by atoms with Crippen molar-refractivity contribution in [2.45, 2.75) is 38.9 Å². The van der Waals surface area contributed by atoms with E-state index in [1.54, 1.807) is 0 Å². The number of aliphatic hydroxyl groups excluding tert-OH is 1. The summed E-state index contributed by atoms with van der Waals surface area (Å²) >= 11 is 0. The summed E-state index contributed by atoms with van der Waals surface area (Å²) in [4.78, 5) is 21.4. The molecule has 6 heteroatoms. The summed E-state index contributed by atoms with van der Waals surface area (Å²) in [7, 11) is 3.97. The van der Waals surface area contributed by atoms with Crippen LogP contribution in [0.2, 0.25) is 0 Å². The number of carbonyl (C=O) groups is 1. The number of anilines is 1. The second-order valence-corrected chi connectivity index (χ2v) is 8.90. The fraction of sp³-hybridized carbons (Fsp3) is 0.500. The van der Waals surface area contributed by atoms with Crippen LogP contribution in [0.5, 0.6) is 5.75 Å². The number of carbonyl (C=O) groups excluding carboxylic acids is 1. The number of rotatable bonds is 4. The Morgan fingerprint density at radius 2 is 1.73 bits per heavy atom. The molecule has 0 spiro atoms. The molecule has 0 radical (unpaired) electrons. The number of hydrogen-bond acceptors (Lipinski definition) is 5. The maximum Gasteiger partial charge on any atom is 0.253 e. The molecule has 6 nitrogen and oxygen atoms in total. The lowest BCUT2D eigenvalue weighted by molar-refractivity contribution is -0.0236. The molecule has 4 rings (SSSR count). The van der Waals surface area contributed by atoms with Gasteiger partial charge in [-0.25, -0.2) is 0 Å². The van der Waals surface area contributed by atoms with Gasteiger partial charge in [-0.05, 0) is 74.9 Å².